The highest BCUT2D eigenvalue weighted by molar-refractivity contribution is 5.87. The summed E-state index contributed by atoms with van der Waals surface area (Å²) in [6, 6.07) is 9.30. The molecule has 0 fully saturated rings. The third kappa shape index (κ3) is 4.47. The van der Waals surface area contributed by atoms with Crippen LogP contribution in [0.1, 0.15) is 39.2 Å². The quantitative estimate of drug-likeness (QED) is 0.745. The molecule has 0 aliphatic heterocycles. The molecule has 0 saturated carbocycles. The first kappa shape index (κ1) is 19.6. The Hall–Kier alpha value is -2.71. The average molecular weight is 351 g/mol. The Morgan fingerprint density at radius 2 is 1.96 bits per heavy atom. The van der Waals surface area contributed by atoms with Gasteiger partial charge in [-0.25, -0.2) is 4.85 Å². The molecule has 2 N–H and O–H groups in total. The first-order valence-corrected chi connectivity index (χ1v) is 8.77. The molecule has 1 aromatic heterocycles. The van der Waals surface area contributed by atoms with Crippen LogP contribution in [0.5, 0.6) is 0 Å². The number of benzene rings is 1. The van der Waals surface area contributed by atoms with Gasteiger partial charge in [-0.1, -0.05) is 37.6 Å². The maximum absolute atomic E-state index is 12.7. The molecule has 2 aromatic rings. The number of hydrogen-bond donors (Lipinski definition) is 2. The Bertz CT molecular complexity index is 792. The zero-order chi connectivity index (χ0) is 19.2. The predicted molar refractivity (Wildman–Crippen MR) is 103 cm³/mol. The van der Waals surface area contributed by atoms with Crippen molar-refractivity contribution < 1.29 is 9.90 Å². The van der Waals surface area contributed by atoms with Gasteiger partial charge >= 0.3 is 0 Å². The summed E-state index contributed by atoms with van der Waals surface area (Å²) in [7, 11) is 0. The number of carbonyl (C=O) groups is 1. The average Bonchev–Trinajstić information content (AvgIpc) is 2.67. The summed E-state index contributed by atoms with van der Waals surface area (Å²) >= 11 is 0. The number of nitrogens with one attached hydrogen (secondary N) is 1. The lowest BCUT2D eigenvalue weighted by Crippen LogP contribution is -2.46. The fourth-order valence-corrected chi connectivity index (χ4v) is 2.78. The zero-order valence-corrected chi connectivity index (χ0v) is 15.5. The topological polar surface area (TPSA) is 66.6 Å². The van der Waals surface area contributed by atoms with E-state index in [1.54, 1.807) is 12.3 Å². The van der Waals surface area contributed by atoms with Crippen molar-refractivity contribution in [1.29, 1.82) is 0 Å². The van der Waals surface area contributed by atoms with Gasteiger partial charge in [0.15, 0.2) is 0 Å². The maximum atomic E-state index is 12.7. The molecule has 0 spiro atoms. The van der Waals surface area contributed by atoms with Gasteiger partial charge in [0.2, 0.25) is 11.6 Å². The number of rotatable bonds is 7. The van der Waals surface area contributed by atoms with E-state index in [1.165, 1.54) is 6.20 Å². The van der Waals surface area contributed by atoms with Crippen LogP contribution in [0.2, 0.25) is 0 Å². The number of carbonyl (C=O) groups excluding carboxylic acids is 1. The van der Waals surface area contributed by atoms with E-state index in [9.17, 15) is 9.90 Å². The van der Waals surface area contributed by atoms with Gasteiger partial charge < -0.3 is 10.4 Å². The molecule has 0 aliphatic rings. The zero-order valence-electron chi connectivity index (χ0n) is 15.5. The molecule has 0 radical (unpaired) electrons. The van der Waals surface area contributed by atoms with Gasteiger partial charge in [0.25, 0.3) is 0 Å². The third-order valence-electron chi connectivity index (χ3n) is 4.55. The van der Waals surface area contributed by atoms with E-state index < -0.39 is 5.41 Å². The van der Waals surface area contributed by atoms with Crippen molar-refractivity contribution >= 4 is 11.6 Å². The van der Waals surface area contributed by atoms with Crippen molar-refractivity contribution in [2.45, 2.75) is 45.1 Å². The summed E-state index contributed by atoms with van der Waals surface area (Å²) in [6.07, 6.45) is 4.91. The van der Waals surface area contributed by atoms with Gasteiger partial charge in [0.05, 0.1) is 24.6 Å². The van der Waals surface area contributed by atoms with Crippen LogP contribution in [-0.2, 0) is 10.2 Å². The fourth-order valence-electron chi connectivity index (χ4n) is 2.78. The molecule has 26 heavy (non-hydrogen) atoms. The molecule has 1 unspecified atom stereocenters. The second-order valence-corrected chi connectivity index (χ2v) is 6.89. The van der Waals surface area contributed by atoms with E-state index in [0.29, 0.717) is 5.69 Å². The minimum Gasteiger partial charge on any atom is -0.394 e. The minimum atomic E-state index is -0.712. The summed E-state index contributed by atoms with van der Waals surface area (Å²) in [5, 5.41) is 12.3. The van der Waals surface area contributed by atoms with Crippen LogP contribution in [0.4, 0.5) is 5.69 Å². The maximum Gasteiger partial charge on any atom is 0.230 e. The van der Waals surface area contributed by atoms with Crippen molar-refractivity contribution in [3.8, 4) is 11.1 Å². The van der Waals surface area contributed by atoms with Crippen LogP contribution in [-0.4, -0.2) is 28.6 Å². The molecule has 1 atom stereocenters. The first-order valence-electron chi connectivity index (χ1n) is 8.77. The van der Waals surface area contributed by atoms with Gasteiger partial charge in [-0.3, -0.25) is 9.78 Å². The van der Waals surface area contributed by atoms with E-state index in [-0.39, 0.29) is 18.6 Å². The fraction of sp³-hybridized carbons (Fsp3) is 0.381. The van der Waals surface area contributed by atoms with E-state index in [2.05, 4.69) is 15.1 Å². The summed E-state index contributed by atoms with van der Waals surface area (Å²) in [4.78, 5) is 20.2. The lowest BCUT2D eigenvalue weighted by molar-refractivity contribution is -0.126. The highest BCUT2D eigenvalue weighted by Gasteiger charge is 2.31. The Kier molecular flexibility index (Phi) is 6.48. The second kappa shape index (κ2) is 8.59. The van der Waals surface area contributed by atoms with E-state index in [1.807, 2.05) is 45.0 Å². The molecule has 5 heteroatoms. The second-order valence-electron chi connectivity index (χ2n) is 6.89. The number of nitrogens with zero attached hydrogens (tertiary/aromatic N) is 2. The number of amides is 1. The summed E-state index contributed by atoms with van der Waals surface area (Å²) in [5.41, 5.74) is 2.49. The summed E-state index contributed by atoms with van der Waals surface area (Å²) in [6.45, 7) is 12.8. The minimum absolute atomic E-state index is 0.0566. The highest BCUT2D eigenvalue weighted by Crippen LogP contribution is 2.28. The molecular weight excluding hydrogens is 326 g/mol. The monoisotopic (exact) mass is 351 g/mol. The lowest BCUT2D eigenvalue weighted by Gasteiger charge is -2.27. The predicted octanol–water partition coefficient (Wildman–Crippen LogP) is 3.85. The van der Waals surface area contributed by atoms with Gasteiger partial charge in [-0.15, -0.1) is 0 Å². The van der Waals surface area contributed by atoms with Crippen molar-refractivity contribution in [1.82, 2.24) is 10.3 Å². The molecule has 0 saturated heterocycles. The number of aromatic nitrogens is 1. The van der Waals surface area contributed by atoms with E-state index in [0.717, 1.165) is 29.5 Å². The molecule has 1 aromatic carbocycles. The van der Waals surface area contributed by atoms with Crippen LogP contribution in [0, 0.1) is 6.57 Å². The molecule has 1 amide bonds. The van der Waals surface area contributed by atoms with Gasteiger partial charge in [-0.05, 0) is 43.0 Å². The smallest absolute Gasteiger partial charge is 0.230 e. The highest BCUT2D eigenvalue weighted by atomic mass is 16.3. The van der Waals surface area contributed by atoms with Crippen molar-refractivity contribution in [3.05, 3.63) is 59.7 Å². The molecule has 136 valence electrons. The number of hydrogen-bond acceptors (Lipinski definition) is 3. The third-order valence-corrected chi connectivity index (χ3v) is 4.55. The summed E-state index contributed by atoms with van der Waals surface area (Å²) in [5.74, 6) is -0.102. The largest absolute Gasteiger partial charge is 0.394 e. The van der Waals surface area contributed by atoms with Crippen LogP contribution in [0.3, 0.4) is 0 Å². The van der Waals surface area contributed by atoms with Crippen molar-refractivity contribution in [2.24, 2.45) is 0 Å². The Morgan fingerprint density at radius 3 is 2.54 bits per heavy atom. The van der Waals surface area contributed by atoms with Crippen LogP contribution >= 0.6 is 0 Å². The lowest BCUT2D eigenvalue weighted by atomic mass is 9.82. The Labute approximate surface area is 154 Å². The molecule has 5 nitrogen and oxygen atoms in total. The van der Waals surface area contributed by atoms with E-state index in [4.69, 9.17) is 6.57 Å². The van der Waals surface area contributed by atoms with Gasteiger partial charge in [0.1, 0.15) is 0 Å². The molecular formula is C21H25N3O2. The van der Waals surface area contributed by atoms with Crippen LogP contribution in [0.15, 0.2) is 42.7 Å². The SMILES string of the molecule is [C-]#[N+]c1cncc(-c2ccc(C(C)(C)C(=O)NC(CO)CCC)cc2)c1. The van der Waals surface area contributed by atoms with Crippen LogP contribution in [0.25, 0.3) is 16.0 Å². The van der Waals surface area contributed by atoms with Gasteiger partial charge in [-0.2, -0.15) is 0 Å². The Morgan fingerprint density at radius 1 is 1.27 bits per heavy atom. The van der Waals surface area contributed by atoms with Gasteiger partial charge in [0, 0.05) is 12.4 Å². The number of aliphatic hydroxyl groups excluding tert-OH is 1. The molecule has 2 rings (SSSR count). The molecule has 0 bridgehead atoms. The van der Waals surface area contributed by atoms with E-state index >= 15 is 0 Å². The number of pyridine rings is 1. The molecule has 1 heterocycles. The van der Waals surface area contributed by atoms with Crippen molar-refractivity contribution in [2.75, 3.05) is 6.61 Å². The first-order chi connectivity index (χ1) is 12.4. The molecule has 0 aliphatic carbocycles. The van der Waals surface area contributed by atoms with Crippen LogP contribution < -0.4 is 5.32 Å². The Balaban J connectivity index is 2.20. The normalized spacial score (nSPS) is 12.3. The number of aliphatic hydroxyl groups is 1. The standard InChI is InChI=1S/C21H25N3O2/c1-5-6-18(14-25)24-20(26)21(2,3)17-9-7-15(8-10-17)16-11-19(22-4)13-23-12-16/h7-13,18,25H,5-6,14H2,1-3H3,(H,24,26). The summed E-state index contributed by atoms with van der Waals surface area (Å²) < 4.78 is 0. The van der Waals surface area contributed by atoms with Crippen molar-refractivity contribution in [3.63, 3.8) is 0 Å².